The van der Waals surface area contributed by atoms with Gasteiger partial charge in [0.05, 0.1) is 3.79 Å². The molecule has 0 spiro atoms. The van der Waals surface area contributed by atoms with Crippen LogP contribution in [-0.4, -0.2) is 0 Å². The van der Waals surface area contributed by atoms with Gasteiger partial charge in [0, 0.05) is 4.88 Å². The molecule has 0 radical (unpaired) electrons. The molecule has 0 aliphatic heterocycles. The topological polar surface area (TPSA) is 0 Å². The molecule has 13 heavy (non-hydrogen) atoms. The van der Waals surface area contributed by atoms with E-state index in [-0.39, 0.29) is 0 Å². The van der Waals surface area contributed by atoms with Crippen LogP contribution in [0.2, 0.25) is 0 Å². The molecule has 0 nitrogen and oxygen atoms in total. The van der Waals surface area contributed by atoms with Gasteiger partial charge in [0.1, 0.15) is 0 Å². The van der Waals surface area contributed by atoms with Crippen LogP contribution >= 0.6 is 27.3 Å². The van der Waals surface area contributed by atoms with E-state index < -0.39 is 0 Å². The van der Waals surface area contributed by atoms with Crippen molar-refractivity contribution in [3.63, 3.8) is 0 Å². The van der Waals surface area contributed by atoms with Crippen LogP contribution in [0, 0.1) is 6.92 Å². The highest BCUT2D eigenvalue weighted by Crippen LogP contribution is 2.31. The van der Waals surface area contributed by atoms with Crippen molar-refractivity contribution < 1.29 is 0 Å². The fraction of sp³-hybridized carbons (Fsp3) is 0.0909. The molecule has 1 aromatic carbocycles. The van der Waals surface area contributed by atoms with Crippen LogP contribution in [0.15, 0.2) is 40.2 Å². The SMILES string of the molecule is Cc1ccc(-c2ccc(Br)s2)cc1. The van der Waals surface area contributed by atoms with E-state index in [0.29, 0.717) is 0 Å². The predicted octanol–water partition coefficient (Wildman–Crippen LogP) is 4.49. The molecule has 0 atom stereocenters. The third-order valence-electron chi connectivity index (χ3n) is 1.91. The van der Waals surface area contributed by atoms with Gasteiger partial charge in [0.2, 0.25) is 0 Å². The van der Waals surface area contributed by atoms with Crippen molar-refractivity contribution in [2.75, 3.05) is 0 Å². The molecule has 2 aromatic rings. The van der Waals surface area contributed by atoms with E-state index >= 15 is 0 Å². The van der Waals surface area contributed by atoms with Gasteiger partial charge >= 0.3 is 0 Å². The molecule has 0 aliphatic rings. The largest absolute Gasteiger partial charge is 0.128 e. The summed E-state index contributed by atoms with van der Waals surface area (Å²) in [4.78, 5) is 1.31. The van der Waals surface area contributed by atoms with Gasteiger partial charge in [-0.25, -0.2) is 0 Å². The van der Waals surface area contributed by atoms with Gasteiger partial charge in [-0.3, -0.25) is 0 Å². The summed E-state index contributed by atoms with van der Waals surface area (Å²) in [5, 5.41) is 0. The second-order valence-corrected chi connectivity index (χ2v) is 5.43. The molecule has 0 N–H and O–H groups in total. The lowest BCUT2D eigenvalue weighted by Gasteiger charge is -1.96. The Balaban J connectivity index is 2.41. The van der Waals surface area contributed by atoms with Crippen molar-refractivity contribution in [2.24, 2.45) is 0 Å². The minimum atomic E-state index is 1.18. The molecule has 0 aliphatic carbocycles. The predicted molar refractivity (Wildman–Crippen MR) is 62.2 cm³/mol. The first kappa shape index (κ1) is 8.97. The van der Waals surface area contributed by atoms with E-state index in [1.807, 2.05) is 0 Å². The molecule has 0 bridgehead atoms. The second kappa shape index (κ2) is 3.64. The standard InChI is InChI=1S/C11H9BrS/c1-8-2-4-9(5-3-8)10-6-7-11(12)13-10/h2-7H,1H3. The van der Waals surface area contributed by atoms with Crippen LogP contribution in [0.4, 0.5) is 0 Å². The zero-order valence-electron chi connectivity index (χ0n) is 7.25. The summed E-state index contributed by atoms with van der Waals surface area (Å²) in [6.45, 7) is 2.11. The lowest BCUT2D eigenvalue weighted by molar-refractivity contribution is 1.48. The van der Waals surface area contributed by atoms with Crippen molar-refractivity contribution in [2.45, 2.75) is 6.92 Å². The average Bonchev–Trinajstić information content (AvgIpc) is 2.53. The average molecular weight is 253 g/mol. The lowest BCUT2D eigenvalue weighted by Crippen LogP contribution is -1.72. The van der Waals surface area contributed by atoms with Crippen molar-refractivity contribution >= 4 is 27.3 Å². The minimum absolute atomic E-state index is 1.18. The summed E-state index contributed by atoms with van der Waals surface area (Å²) >= 11 is 5.23. The van der Waals surface area contributed by atoms with Crippen molar-refractivity contribution in [1.82, 2.24) is 0 Å². The van der Waals surface area contributed by atoms with E-state index in [1.165, 1.54) is 19.8 Å². The molecule has 2 rings (SSSR count). The molecule has 1 aromatic heterocycles. The Labute approximate surface area is 90.4 Å². The molecule has 0 saturated carbocycles. The summed E-state index contributed by atoms with van der Waals surface area (Å²) in [5.41, 5.74) is 2.60. The van der Waals surface area contributed by atoms with E-state index in [2.05, 4.69) is 59.3 Å². The first-order chi connectivity index (χ1) is 6.25. The fourth-order valence-electron chi connectivity index (χ4n) is 1.19. The smallest absolute Gasteiger partial charge is 0.0705 e. The van der Waals surface area contributed by atoms with Gasteiger partial charge in [-0.15, -0.1) is 11.3 Å². The van der Waals surface area contributed by atoms with Gasteiger partial charge in [-0.2, -0.15) is 0 Å². The summed E-state index contributed by atoms with van der Waals surface area (Å²) in [5.74, 6) is 0. The number of halogens is 1. The Morgan fingerprint density at radius 1 is 1.00 bits per heavy atom. The van der Waals surface area contributed by atoms with Crippen LogP contribution in [-0.2, 0) is 0 Å². The van der Waals surface area contributed by atoms with Gasteiger partial charge in [0.15, 0.2) is 0 Å². The Hall–Kier alpha value is -0.600. The monoisotopic (exact) mass is 252 g/mol. The molecular formula is C11H9BrS. The van der Waals surface area contributed by atoms with E-state index in [4.69, 9.17) is 0 Å². The number of hydrogen-bond donors (Lipinski definition) is 0. The van der Waals surface area contributed by atoms with Crippen LogP contribution in [0.25, 0.3) is 10.4 Å². The summed E-state index contributed by atoms with van der Waals surface area (Å²) < 4.78 is 1.18. The number of hydrogen-bond acceptors (Lipinski definition) is 1. The second-order valence-electron chi connectivity index (χ2n) is 2.97. The van der Waals surface area contributed by atoms with E-state index in [9.17, 15) is 0 Å². The Morgan fingerprint density at radius 2 is 1.69 bits per heavy atom. The minimum Gasteiger partial charge on any atom is -0.128 e. The van der Waals surface area contributed by atoms with Crippen LogP contribution < -0.4 is 0 Å². The van der Waals surface area contributed by atoms with Gasteiger partial charge in [-0.1, -0.05) is 29.8 Å². The molecule has 0 amide bonds. The van der Waals surface area contributed by atoms with Crippen LogP contribution in [0.1, 0.15) is 5.56 Å². The summed E-state index contributed by atoms with van der Waals surface area (Å²) in [7, 11) is 0. The van der Waals surface area contributed by atoms with Crippen molar-refractivity contribution in [3.8, 4) is 10.4 Å². The van der Waals surface area contributed by atoms with Gasteiger partial charge in [-0.05, 0) is 40.5 Å². The first-order valence-electron chi connectivity index (χ1n) is 4.08. The molecule has 0 saturated heterocycles. The number of thiophene rings is 1. The Bertz CT molecular complexity index is 400. The van der Waals surface area contributed by atoms with E-state index in [0.717, 1.165) is 0 Å². The third-order valence-corrected chi connectivity index (χ3v) is 3.58. The maximum atomic E-state index is 3.46. The van der Waals surface area contributed by atoms with Crippen LogP contribution in [0.5, 0.6) is 0 Å². The highest BCUT2D eigenvalue weighted by Gasteiger charge is 1.99. The molecular weight excluding hydrogens is 244 g/mol. The number of benzene rings is 1. The summed E-state index contributed by atoms with van der Waals surface area (Å²) in [6, 6.07) is 12.8. The maximum absolute atomic E-state index is 3.46. The highest BCUT2D eigenvalue weighted by atomic mass is 79.9. The number of aryl methyl sites for hydroxylation is 1. The van der Waals surface area contributed by atoms with Gasteiger partial charge < -0.3 is 0 Å². The third kappa shape index (κ3) is 2.01. The van der Waals surface area contributed by atoms with Gasteiger partial charge in [0.25, 0.3) is 0 Å². The normalized spacial score (nSPS) is 10.3. The van der Waals surface area contributed by atoms with Crippen molar-refractivity contribution in [1.29, 1.82) is 0 Å². The molecule has 2 heteroatoms. The zero-order valence-corrected chi connectivity index (χ0v) is 9.65. The highest BCUT2D eigenvalue weighted by molar-refractivity contribution is 9.11. The zero-order chi connectivity index (χ0) is 9.26. The number of rotatable bonds is 1. The van der Waals surface area contributed by atoms with Crippen molar-refractivity contribution in [3.05, 3.63) is 45.7 Å². The molecule has 66 valence electrons. The quantitative estimate of drug-likeness (QED) is 0.702. The lowest BCUT2D eigenvalue weighted by atomic mass is 10.1. The van der Waals surface area contributed by atoms with E-state index in [1.54, 1.807) is 11.3 Å². The maximum Gasteiger partial charge on any atom is 0.0705 e. The van der Waals surface area contributed by atoms with Crippen LogP contribution in [0.3, 0.4) is 0 Å². The molecule has 1 heterocycles. The molecule has 0 fully saturated rings. The summed E-state index contributed by atoms with van der Waals surface area (Å²) in [6.07, 6.45) is 0. The first-order valence-corrected chi connectivity index (χ1v) is 5.69. The Morgan fingerprint density at radius 3 is 2.23 bits per heavy atom. The Kier molecular flexibility index (Phi) is 2.51. The molecule has 0 unspecified atom stereocenters. The fourth-order valence-corrected chi connectivity index (χ4v) is 2.58.